The summed E-state index contributed by atoms with van der Waals surface area (Å²) in [6, 6.07) is 0.0426. The molecular formula is C10H15ClN2OS. The Labute approximate surface area is 98.9 Å². The Balaban J connectivity index is 2.72. The molecule has 0 fully saturated rings. The molecule has 0 aliphatic carbocycles. The number of aryl methyl sites for hydroxylation is 2. The van der Waals surface area contributed by atoms with Gasteiger partial charge in [-0.2, -0.15) is 0 Å². The van der Waals surface area contributed by atoms with E-state index in [9.17, 15) is 4.79 Å². The van der Waals surface area contributed by atoms with Crippen LogP contribution in [0, 0.1) is 13.8 Å². The average molecular weight is 247 g/mol. The van der Waals surface area contributed by atoms with Gasteiger partial charge < -0.3 is 5.32 Å². The van der Waals surface area contributed by atoms with Crippen molar-refractivity contribution in [1.82, 2.24) is 10.3 Å². The summed E-state index contributed by atoms with van der Waals surface area (Å²) < 4.78 is 0. The van der Waals surface area contributed by atoms with E-state index in [2.05, 4.69) is 10.3 Å². The number of amides is 1. The standard InChI is InChI=1S/C10H15ClN2OS/c1-4-8(5-11)13-10(14)9-6(2)12-7(3)15-9/h8H,4-5H2,1-3H3,(H,13,14). The zero-order valence-corrected chi connectivity index (χ0v) is 10.7. The van der Waals surface area contributed by atoms with Gasteiger partial charge in [0.25, 0.3) is 5.91 Å². The van der Waals surface area contributed by atoms with E-state index in [1.807, 2.05) is 20.8 Å². The highest BCUT2D eigenvalue weighted by Crippen LogP contribution is 2.17. The molecule has 0 bridgehead atoms. The van der Waals surface area contributed by atoms with Crippen molar-refractivity contribution in [1.29, 1.82) is 0 Å². The first kappa shape index (κ1) is 12.5. The molecule has 1 heterocycles. The van der Waals surface area contributed by atoms with Crippen LogP contribution in [-0.4, -0.2) is 22.8 Å². The van der Waals surface area contributed by atoms with Crippen LogP contribution in [0.25, 0.3) is 0 Å². The molecule has 0 saturated heterocycles. The fourth-order valence-corrected chi connectivity index (χ4v) is 2.36. The van der Waals surface area contributed by atoms with Gasteiger partial charge in [-0.25, -0.2) is 4.98 Å². The van der Waals surface area contributed by atoms with Gasteiger partial charge >= 0.3 is 0 Å². The van der Waals surface area contributed by atoms with E-state index < -0.39 is 0 Å². The predicted molar refractivity (Wildman–Crippen MR) is 63.9 cm³/mol. The summed E-state index contributed by atoms with van der Waals surface area (Å²) in [5.41, 5.74) is 0.791. The Morgan fingerprint density at radius 2 is 2.27 bits per heavy atom. The smallest absolute Gasteiger partial charge is 0.263 e. The molecular weight excluding hydrogens is 232 g/mol. The lowest BCUT2D eigenvalue weighted by Crippen LogP contribution is -2.35. The minimum absolute atomic E-state index is 0.0426. The number of rotatable bonds is 4. The lowest BCUT2D eigenvalue weighted by atomic mass is 10.2. The second-order valence-electron chi connectivity index (χ2n) is 3.38. The molecule has 5 heteroatoms. The molecule has 1 aromatic heterocycles. The third kappa shape index (κ3) is 3.18. The molecule has 1 unspecified atom stereocenters. The van der Waals surface area contributed by atoms with E-state index in [-0.39, 0.29) is 11.9 Å². The van der Waals surface area contributed by atoms with Gasteiger partial charge in [0.15, 0.2) is 0 Å². The number of halogens is 1. The molecule has 1 rings (SSSR count). The highest BCUT2D eigenvalue weighted by molar-refractivity contribution is 7.13. The van der Waals surface area contributed by atoms with Gasteiger partial charge in [0.05, 0.1) is 10.7 Å². The molecule has 0 saturated carbocycles. The Morgan fingerprint density at radius 3 is 2.67 bits per heavy atom. The summed E-state index contributed by atoms with van der Waals surface area (Å²) in [6.45, 7) is 5.74. The van der Waals surface area contributed by atoms with Crippen LogP contribution in [0.2, 0.25) is 0 Å². The molecule has 84 valence electrons. The minimum atomic E-state index is -0.0643. The number of thiazole rings is 1. The lowest BCUT2D eigenvalue weighted by molar-refractivity contribution is 0.0943. The zero-order chi connectivity index (χ0) is 11.4. The largest absolute Gasteiger partial charge is 0.347 e. The van der Waals surface area contributed by atoms with Crippen LogP contribution in [0.4, 0.5) is 0 Å². The van der Waals surface area contributed by atoms with E-state index in [0.717, 1.165) is 17.1 Å². The monoisotopic (exact) mass is 246 g/mol. The summed E-state index contributed by atoms with van der Waals surface area (Å²) in [4.78, 5) is 16.7. The van der Waals surface area contributed by atoms with Gasteiger partial charge in [-0.05, 0) is 20.3 Å². The van der Waals surface area contributed by atoms with Crippen LogP contribution in [0.1, 0.15) is 33.7 Å². The molecule has 1 atom stereocenters. The van der Waals surface area contributed by atoms with Crippen molar-refractivity contribution in [3.63, 3.8) is 0 Å². The number of nitrogens with one attached hydrogen (secondary N) is 1. The van der Waals surface area contributed by atoms with Gasteiger partial charge in [0.1, 0.15) is 4.88 Å². The average Bonchev–Trinajstić information content (AvgIpc) is 2.54. The Morgan fingerprint density at radius 1 is 1.60 bits per heavy atom. The fraction of sp³-hybridized carbons (Fsp3) is 0.600. The van der Waals surface area contributed by atoms with Crippen molar-refractivity contribution >= 4 is 28.8 Å². The minimum Gasteiger partial charge on any atom is -0.347 e. The Kier molecular flexibility index (Phi) is 4.54. The van der Waals surface area contributed by atoms with Crippen molar-refractivity contribution in [3.8, 4) is 0 Å². The number of aromatic nitrogens is 1. The molecule has 0 aromatic carbocycles. The van der Waals surface area contributed by atoms with E-state index in [1.54, 1.807) is 0 Å². The van der Waals surface area contributed by atoms with Gasteiger partial charge in [0, 0.05) is 11.9 Å². The predicted octanol–water partition coefficient (Wildman–Crippen LogP) is 2.51. The second-order valence-corrected chi connectivity index (χ2v) is 4.89. The van der Waals surface area contributed by atoms with Gasteiger partial charge in [-0.3, -0.25) is 4.79 Å². The second kappa shape index (κ2) is 5.47. The highest BCUT2D eigenvalue weighted by Gasteiger charge is 2.16. The van der Waals surface area contributed by atoms with Crippen LogP contribution >= 0.6 is 22.9 Å². The van der Waals surface area contributed by atoms with Crippen LogP contribution in [-0.2, 0) is 0 Å². The summed E-state index contributed by atoms with van der Waals surface area (Å²) >= 11 is 7.14. The molecule has 3 nitrogen and oxygen atoms in total. The van der Waals surface area contributed by atoms with Crippen molar-refractivity contribution in [2.24, 2.45) is 0 Å². The SMILES string of the molecule is CCC(CCl)NC(=O)c1sc(C)nc1C. The van der Waals surface area contributed by atoms with Crippen LogP contribution in [0.5, 0.6) is 0 Å². The maximum Gasteiger partial charge on any atom is 0.263 e. The summed E-state index contributed by atoms with van der Waals surface area (Å²) in [7, 11) is 0. The molecule has 0 radical (unpaired) electrons. The molecule has 0 aliphatic heterocycles. The van der Waals surface area contributed by atoms with Crippen molar-refractivity contribution in [3.05, 3.63) is 15.6 Å². The maximum absolute atomic E-state index is 11.8. The molecule has 1 amide bonds. The molecule has 0 aliphatic rings. The van der Waals surface area contributed by atoms with Crippen LogP contribution in [0.15, 0.2) is 0 Å². The molecule has 1 aromatic rings. The van der Waals surface area contributed by atoms with Crippen LogP contribution in [0.3, 0.4) is 0 Å². The van der Waals surface area contributed by atoms with E-state index in [1.165, 1.54) is 11.3 Å². The number of nitrogens with zero attached hydrogens (tertiary/aromatic N) is 1. The molecule has 15 heavy (non-hydrogen) atoms. The number of hydrogen-bond acceptors (Lipinski definition) is 3. The van der Waals surface area contributed by atoms with E-state index >= 15 is 0 Å². The number of alkyl halides is 1. The van der Waals surface area contributed by atoms with Crippen molar-refractivity contribution < 1.29 is 4.79 Å². The maximum atomic E-state index is 11.8. The number of carbonyl (C=O) groups is 1. The summed E-state index contributed by atoms with van der Waals surface area (Å²) in [5.74, 6) is 0.379. The number of carbonyl (C=O) groups excluding carboxylic acids is 1. The highest BCUT2D eigenvalue weighted by atomic mass is 35.5. The first-order chi connectivity index (χ1) is 7.08. The van der Waals surface area contributed by atoms with Gasteiger partial charge in [-0.15, -0.1) is 22.9 Å². The normalized spacial score (nSPS) is 12.5. The Bertz CT molecular complexity index is 347. The summed E-state index contributed by atoms with van der Waals surface area (Å²) in [5, 5.41) is 3.80. The zero-order valence-electron chi connectivity index (χ0n) is 9.13. The van der Waals surface area contributed by atoms with Crippen LogP contribution < -0.4 is 5.32 Å². The van der Waals surface area contributed by atoms with Crippen molar-refractivity contribution in [2.75, 3.05) is 5.88 Å². The third-order valence-corrected chi connectivity index (χ3v) is 3.57. The quantitative estimate of drug-likeness (QED) is 0.830. The van der Waals surface area contributed by atoms with Gasteiger partial charge in [-0.1, -0.05) is 6.92 Å². The van der Waals surface area contributed by atoms with E-state index in [0.29, 0.717) is 10.8 Å². The first-order valence-electron chi connectivity index (χ1n) is 4.89. The lowest BCUT2D eigenvalue weighted by Gasteiger charge is -2.12. The van der Waals surface area contributed by atoms with E-state index in [4.69, 9.17) is 11.6 Å². The molecule has 1 N–H and O–H groups in total. The molecule has 0 spiro atoms. The number of hydrogen-bond donors (Lipinski definition) is 1. The topological polar surface area (TPSA) is 42.0 Å². The Hall–Kier alpha value is -0.610. The van der Waals surface area contributed by atoms with Crippen molar-refractivity contribution in [2.45, 2.75) is 33.2 Å². The van der Waals surface area contributed by atoms with Gasteiger partial charge in [0.2, 0.25) is 0 Å². The summed E-state index contributed by atoms with van der Waals surface area (Å²) in [6.07, 6.45) is 0.839. The third-order valence-electron chi connectivity index (χ3n) is 2.12. The fourth-order valence-electron chi connectivity index (χ4n) is 1.24. The first-order valence-corrected chi connectivity index (χ1v) is 6.24.